The molecule has 1 unspecified atom stereocenters. The molecule has 0 aliphatic rings. The standard InChI is InChI=1S/C15H21F3N2O/c1-5-6-10(2)20(4)14(21)11-7-8-13(19-3)12(9-11)15(16,17)18/h7-10,19H,5-6H2,1-4H3. The number of halogens is 3. The van der Waals surface area contributed by atoms with Crippen LogP contribution in [0.5, 0.6) is 0 Å². The fourth-order valence-corrected chi connectivity index (χ4v) is 2.15. The van der Waals surface area contributed by atoms with Crippen LogP contribution in [0.2, 0.25) is 0 Å². The molecular formula is C15H21F3N2O. The third-order valence-corrected chi connectivity index (χ3v) is 3.53. The van der Waals surface area contributed by atoms with Gasteiger partial charge >= 0.3 is 6.18 Å². The maximum absolute atomic E-state index is 13.0. The first-order valence-electron chi connectivity index (χ1n) is 6.88. The van der Waals surface area contributed by atoms with Gasteiger partial charge in [-0.15, -0.1) is 0 Å². The Bertz CT molecular complexity index is 500. The molecule has 0 aliphatic heterocycles. The van der Waals surface area contributed by atoms with E-state index in [1.54, 1.807) is 7.05 Å². The number of anilines is 1. The van der Waals surface area contributed by atoms with Crippen molar-refractivity contribution in [1.82, 2.24) is 4.90 Å². The Hall–Kier alpha value is -1.72. The van der Waals surface area contributed by atoms with Crippen molar-refractivity contribution in [1.29, 1.82) is 0 Å². The van der Waals surface area contributed by atoms with Gasteiger partial charge in [-0.05, 0) is 31.5 Å². The Morgan fingerprint density at radius 1 is 1.38 bits per heavy atom. The van der Waals surface area contributed by atoms with Gasteiger partial charge in [-0.2, -0.15) is 13.2 Å². The van der Waals surface area contributed by atoms with E-state index < -0.39 is 17.6 Å². The minimum atomic E-state index is -4.50. The summed E-state index contributed by atoms with van der Waals surface area (Å²) in [4.78, 5) is 13.8. The maximum Gasteiger partial charge on any atom is 0.418 e. The largest absolute Gasteiger partial charge is 0.418 e. The van der Waals surface area contributed by atoms with E-state index in [0.717, 1.165) is 18.9 Å². The molecule has 1 rings (SSSR count). The van der Waals surface area contributed by atoms with Crippen molar-refractivity contribution in [3.05, 3.63) is 29.3 Å². The zero-order valence-corrected chi connectivity index (χ0v) is 12.7. The van der Waals surface area contributed by atoms with Crippen molar-refractivity contribution >= 4 is 11.6 Å². The van der Waals surface area contributed by atoms with Gasteiger partial charge in [0.2, 0.25) is 0 Å². The molecule has 0 heterocycles. The second-order valence-electron chi connectivity index (χ2n) is 5.06. The fraction of sp³-hybridized carbons (Fsp3) is 0.533. The first-order chi connectivity index (χ1) is 9.72. The summed E-state index contributed by atoms with van der Waals surface area (Å²) in [5.41, 5.74) is -0.817. The van der Waals surface area contributed by atoms with E-state index in [2.05, 4.69) is 5.32 Å². The van der Waals surface area contributed by atoms with Gasteiger partial charge in [-0.3, -0.25) is 4.79 Å². The second kappa shape index (κ2) is 6.83. The summed E-state index contributed by atoms with van der Waals surface area (Å²) >= 11 is 0. The van der Waals surface area contributed by atoms with Crippen LogP contribution in [-0.2, 0) is 6.18 Å². The molecule has 0 spiro atoms. The molecule has 118 valence electrons. The van der Waals surface area contributed by atoms with Crippen molar-refractivity contribution in [2.24, 2.45) is 0 Å². The van der Waals surface area contributed by atoms with Gasteiger partial charge in [0.15, 0.2) is 0 Å². The highest BCUT2D eigenvalue weighted by Crippen LogP contribution is 2.35. The number of carbonyl (C=O) groups excluding carboxylic acids is 1. The van der Waals surface area contributed by atoms with Crippen molar-refractivity contribution in [3.8, 4) is 0 Å². The highest BCUT2D eigenvalue weighted by molar-refractivity contribution is 5.95. The van der Waals surface area contributed by atoms with Crippen LogP contribution >= 0.6 is 0 Å². The van der Waals surface area contributed by atoms with Gasteiger partial charge in [0.05, 0.1) is 5.56 Å². The third-order valence-electron chi connectivity index (χ3n) is 3.53. The van der Waals surface area contributed by atoms with Gasteiger partial charge < -0.3 is 10.2 Å². The molecule has 0 fully saturated rings. The van der Waals surface area contributed by atoms with E-state index in [1.165, 1.54) is 24.1 Å². The summed E-state index contributed by atoms with van der Waals surface area (Å²) in [6.45, 7) is 3.88. The van der Waals surface area contributed by atoms with Crippen LogP contribution in [0.1, 0.15) is 42.6 Å². The van der Waals surface area contributed by atoms with E-state index in [4.69, 9.17) is 0 Å². The van der Waals surface area contributed by atoms with Crippen LogP contribution in [-0.4, -0.2) is 30.9 Å². The normalized spacial score (nSPS) is 12.9. The summed E-state index contributed by atoms with van der Waals surface area (Å²) in [6.07, 6.45) is -2.78. The van der Waals surface area contributed by atoms with Crippen molar-refractivity contribution < 1.29 is 18.0 Å². The first kappa shape index (κ1) is 17.3. The lowest BCUT2D eigenvalue weighted by Crippen LogP contribution is -2.35. The molecule has 3 nitrogen and oxygen atoms in total. The van der Waals surface area contributed by atoms with Crippen LogP contribution in [0.4, 0.5) is 18.9 Å². The molecule has 6 heteroatoms. The lowest BCUT2D eigenvalue weighted by Gasteiger charge is -2.25. The first-order valence-corrected chi connectivity index (χ1v) is 6.88. The maximum atomic E-state index is 13.0. The number of rotatable bonds is 5. The van der Waals surface area contributed by atoms with Crippen LogP contribution in [0.15, 0.2) is 18.2 Å². The Labute approximate surface area is 123 Å². The Morgan fingerprint density at radius 3 is 2.48 bits per heavy atom. The van der Waals surface area contributed by atoms with E-state index in [9.17, 15) is 18.0 Å². The lowest BCUT2D eigenvalue weighted by molar-refractivity contribution is -0.136. The number of nitrogens with zero attached hydrogens (tertiary/aromatic N) is 1. The molecule has 1 aromatic rings. The second-order valence-corrected chi connectivity index (χ2v) is 5.06. The van der Waals surface area contributed by atoms with Gasteiger partial charge in [0, 0.05) is 31.4 Å². The Morgan fingerprint density at radius 2 is 2.00 bits per heavy atom. The molecule has 1 N–H and O–H groups in total. The lowest BCUT2D eigenvalue weighted by atomic mass is 10.1. The third kappa shape index (κ3) is 4.12. The molecule has 1 aromatic carbocycles. The summed E-state index contributed by atoms with van der Waals surface area (Å²) in [5.74, 6) is -0.399. The SMILES string of the molecule is CCCC(C)N(C)C(=O)c1ccc(NC)c(C(F)(F)F)c1. The molecule has 0 bridgehead atoms. The van der Waals surface area contributed by atoms with Gasteiger partial charge in [0.25, 0.3) is 5.91 Å². The fourth-order valence-electron chi connectivity index (χ4n) is 2.15. The average Bonchev–Trinajstić information content (AvgIpc) is 2.44. The summed E-state index contributed by atoms with van der Waals surface area (Å²) in [7, 11) is 3.03. The number of alkyl halides is 3. The molecule has 0 saturated heterocycles. The predicted octanol–water partition coefficient (Wildman–Crippen LogP) is 4.01. The van der Waals surface area contributed by atoms with Crippen molar-refractivity contribution in [2.45, 2.75) is 38.9 Å². The van der Waals surface area contributed by atoms with E-state index in [1.807, 2.05) is 13.8 Å². The molecule has 1 amide bonds. The van der Waals surface area contributed by atoms with E-state index >= 15 is 0 Å². The highest BCUT2D eigenvalue weighted by Gasteiger charge is 2.34. The average molecular weight is 302 g/mol. The van der Waals surface area contributed by atoms with E-state index in [0.29, 0.717) is 0 Å². The molecule has 0 aliphatic carbocycles. The summed E-state index contributed by atoms with van der Waals surface area (Å²) < 4.78 is 39.0. The monoisotopic (exact) mass is 302 g/mol. The van der Waals surface area contributed by atoms with Crippen molar-refractivity contribution in [2.75, 3.05) is 19.4 Å². The quantitative estimate of drug-likeness (QED) is 0.891. The molecular weight excluding hydrogens is 281 g/mol. The van der Waals surface area contributed by atoms with Crippen LogP contribution in [0.25, 0.3) is 0 Å². The Kier molecular flexibility index (Phi) is 5.63. The molecule has 0 aromatic heterocycles. The smallest absolute Gasteiger partial charge is 0.388 e. The summed E-state index contributed by atoms with van der Waals surface area (Å²) in [6, 6.07) is 3.59. The molecule has 21 heavy (non-hydrogen) atoms. The molecule has 1 atom stereocenters. The number of hydrogen-bond acceptors (Lipinski definition) is 2. The van der Waals surface area contributed by atoms with Crippen LogP contribution < -0.4 is 5.32 Å². The zero-order chi connectivity index (χ0) is 16.2. The summed E-state index contributed by atoms with van der Waals surface area (Å²) in [5, 5.41) is 2.50. The van der Waals surface area contributed by atoms with Crippen LogP contribution in [0.3, 0.4) is 0 Å². The predicted molar refractivity (Wildman–Crippen MR) is 77.5 cm³/mol. The number of nitrogens with one attached hydrogen (secondary N) is 1. The van der Waals surface area contributed by atoms with E-state index in [-0.39, 0.29) is 17.3 Å². The number of benzene rings is 1. The van der Waals surface area contributed by atoms with Gasteiger partial charge in [-0.1, -0.05) is 13.3 Å². The Balaban J connectivity index is 3.12. The molecule has 0 saturated carbocycles. The minimum absolute atomic E-state index is 0.0131. The number of amides is 1. The van der Waals surface area contributed by atoms with Crippen molar-refractivity contribution in [3.63, 3.8) is 0 Å². The minimum Gasteiger partial charge on any atom is -0.388 e. The topological polar surface area (TPSA) is 32.3 Å². The van der Waals surface area contributed by atoms with Crippen LogP contribution in [0, 0.1) is 0 Å². The number of hydrogen-bond donors (Lipinski definition) is 1. The van der Waals surface area contributed by atoms with Gasteiger partial charge in [0.1, 0.15) is 0 Å². The number of carbonyl (C=O) groups is 1. The molecule has 0 radical (unpaired) electrons. The van der Waals surface area contributed by atoms with Gasteiger partial charge in [-0.25, -0.2) is 0 Å². The highest BCUT2D eigenvalue weighted by atomic mass is 19.4. The zero-order valence-electron chi connectivity index (χ0n) is 12.7.